The van der Waals surface area contributed by atoms with Crippen molar-refractivity contribution in [2.75, 3.05) is 45.9 Å². The number of ether oxygens (including phenoxy) is 1. The highest BCUT2D eigenvalue weighted by atomic mass is 16.5. The Morgan fingerprint density at radius 3 is 2.11 bits per heavy atom. The minimum Gasteiger partial charge on any atom is -0.475 e. The van der Waals surface area contributed by atoms with Crippen molar-refractivity contribution >= 4 is 23.1 Å². The summed E-state index contributed by atoms with van der Waals surface area (Å²) < 4.78 is 5.81. The van der Waals surface area contributed by atoms with Gasteiger partial charge in [0.15, 0.2) is 0 Å². The van der Waals surface area contributed by atoms with Gasteiger partial charge >= 0.3 is 0 Å². The van der Waals surface area contributed by atoms with Gasteiger partial charge in [0, 0.05) is 56.6 Å². The van der Waals surface area contributed by atoms with Crippen LogP contribution in [0.1, 0.15) is 28.2 Å². The summed E-state index contributed by atoms with van der Waals surface area (Å²) in [6, 6.07) is 29.4. The second-order valence-electron chi connectivity index (χ2n) is 10.1. The molecule has 1 aromatic heterocycles. The summed E-state index contributed by atoms with van der Waals surface area (Å²) in [5.74, 6) is 0.906. The lowest BCUT2D eigenvalue weighted by molar-refractivity contribution is 0.0445. The smallest absolute Gasteiger partial charge is 0.213 e. The largest absolute Gasteiger partial charge is 0.475 e. The van der Waals surface area contributed by atoms with E-state index in [-0.39, 0.29) is 6.61 Å². The van der Waals surface area contributed by atoms with E-state index in [0.29, 0.717) is 18.3 Å². The molecule has 1 aliphatic carbocycles. The third-order valence-electron chi connectivity index (χ3n) is 7.56. The van der Waals surface area contributed by atoms with E-state index in [4.69, 9.17) is 4.74 Å². The summed E-state index contributed by atoms with van der Waals surface area (Å²) in [6.07, 6.45) is 3.96. The Bertz CT molecular complexity index is 1340. The molecular weight excluding hydrogens is 458 g/mol. The lowest BCUT2D eigenvalue weighted by Gasteiger charge is -2.37. The molecule has 188 valence electrons. The number of aromatic nitrogens is 1. The fraction of sp³-hybridized carbons (Fsp3) is 0.281. The molecule has 1 aliphatic heterocycles. The van der Waals surface area contributed by atoms with E-state index in [1.54, 1.807) is 0 Å². The van der Waals surface area contributed by atoms with Crippen molar-refractivity contribution in [3.05, 3.63) is 107 Å². The predicted octanol–water partition coefficient (Wildman–Crippen LogP) is 4.91. The number of aliphatic hydroxyl groups is 1. The maximum atomic E-state index is 10.6. The molecule has 0 saturated carbocycles. The van der Waals surface area contributed by atoms with Gasteiger partial charge in [0.1, 0.15) is 12.7 Å². The van der Waals surface area contributed by atoms with Crippen LogP contribution in [0, 0.1) is 0 Å². The number of para-hydroxylation sites is 1. The van der Waals surface area contributed by atoms with Gasteiger partial charge in [-0.15, -0.1) is 0 Å². The van der Waals surface area contributed by atoms with Crippen LogP contribution < -0.4 is 4.74 Å². The van der Waals surface area contributed by atoms with Crippen LogP contribution in [0.5, 0.6) is 5.88 Å². The Hall–Kier alpha value is -3.51. The van der Waals surface area contributed by atoms with Crippen LogP contribution in [0.4, 0.5) is 0 Å². The molecule has 5 nitrogen and oxygen atoms in total. The zero-order valence-corrected chi connectivity index (χ0v) is 21.0. The molecule has 1 unspecified atom stereocenters. The highest BCUT2D eigenvalue weighted by Gasteiger charge is 2.26. The molecule has 1 atom stereocenters. The minimum absolute atomic E-state index is 0.244. The summed E-state index contributed by atoms with van der Waals surface area (Å²) in [5.41, 5.74) is 6.33. The number of hydrogen-bond acceptors (Lipinski definition) is 5. The third-order valence-corrected chi connectivity index (χ3v) is 7.56. The second kappa shape index (κ2) is 10.9. The van der Waals surface area contributed by atoms with Crippen LogP contribution in [0.15, 0.2) is 84.9 Å². The first kappa shape index (κ1) is 23.9. The van der Waals surface area contributed by atoms with E-state index in [9.17, 15) is 5.11 Å². The van der Waals surface area contributed by atoms with Crippen LogP contribution >= 0.6 is 0 Å². The van der Waals surface area contributed by atoms with Crippen LogP contribution in [-0.2, 0) is 0 Å². The highest BCUT2D eigenvalue weighted by molar-refractivity contribution is 5.79. The topological polar surface area (TPSA) is 48.8 Å². The molecule has 4 aromatic rings. The highest BCUT2D eigenvalue weighted by Crippen LogP contribution is 2.35. The molecule has 0 spiro atoms. The van der Waals surface area contributed by atoms with Crippen LogP contribution in [0.3, 0.4) is 0 Å². The Morgan fingerprint density at radius 2 is 1.38 bits per heavy atom. The first-order valence-corrected chi connectivity index (χ1v) is 13.2. The summed E-state index contributed by atoms with van der Waals surface area (Å²) in [6.45, 7) is 5.73. The number of piperazine rings is 1. The minimum atomic E-state index is -0.550. The molecule has 0 radical (unpaired) electrons. The van der Waals surface area contributed by atoms with Gasteiger partial charge in [-0.25, -0.2) is 4.98 Å². The Kier molecular flexibility index (Phi) is 7.00. The number of rotatable bonds is 7. The fourth-order valence-electron chi connectivity index (χ4n) is 5.58. The molecule has 0 amide bonds. The number of hydrogen-bond donors (Lipinski definition) is 1. The number of β-amino-alcohol motifs (C(OH)–C–C–N with tert-alkyl or cyclic N) is 1. The maximum absolute atomic E-state index is 10.6. The van der Waals surface area contributed by atoms with Gasteiger partial charge < -0.3 is 9.84 Å². The second-order valence-corrected chi connectivity index (χ2v) is 10.1. The monoisotopic (exact) mass is 491 g/mol. The number of fused-ring (bicyclic) bond motifs is 3. The van der Waals surface area contributed by atoms with Gasteiger partial charge in [0.2, 0.25) is 5.88 Å². The summed E-state index contributed by atoms with van der Waals surface area (Å²) in [7, 11) is 0. The molecule has 37 heavy (non-hydrogen) atoms. The number of aliphatic hydroxyl groups excluding tert-OH is 1. The van der Waals surface area contributed by atoms with Crippen molar-refractivity contribution in [3.63, 3.8) is 0 Å². The zero-order valence-electron chi connectivity index (χ0n) is 21.0. The standard InChI is InChI=1S/C32H33N3O2/c36-27(23-37-32-16-15-26-9-3-6-12-31(26)33-32)21-34-17-19-35(20-18-34)22-30-28-10-4-1-7-24(28)13-14-25-8-2-5-11-29(25)30/h1-16,27,30,36H,17-23H2. The lowest BCUT2D eigenvalue weighted by atomic mass is 9.87. The maximum Gasteiger partial charge on any atom is 0.213 e. The average Bonchev–Trinajstić information content (AvgIpc) is 3.10. The molecule has 3 aromatic carbocycles. The van der Waals surface area contributed by atoms with E-state index in [1.165, 1.54) is 22.3 Å². The molecule has 0 bridgehead atoms. The number of benzene rings is 3. The number of pyridine rings is 1. The first-order chi connectivity index (χ1) is 18.2. The summed E-state index contributed by atoms with van der Waals surface area (Å²) in [5, 5.41) is 11.7. The molecule has 1 N–H and O–H groups in total. The Morgan fingerprint density at radius 1 is 0.757 bits per heavy atom. The molecule has 2 aliphatic rings. The third kappa shape index (κ3) is 5.44. The van der Waals surface area contributed by atoms with E-state index in [1.807, 2.05) is 36.4 Å². The SMILES string of the molecule is OC(COc1ccc2ccccc2n1)CN1CCN(CC2c3ccccc3C=Cc3ccccc32)CC1. The summed E-state index contributed by atoms with van der Waals surface area (Å²) in [4.78, 5) is 9.45. The molecule has 2 heterocycles. The van der Waals surface area contributed by atoms with E-state index in [2.05, 4.69) is 75.5 Å². The molecular formula is C32H33N3O2. The summed E-state index contributed by atoms with van der Waals surface area (Å²) >= 11 is 0. The van der Waals surface area contributed by atoms with Gasteiger partial charge in [-0.2, -0.15) is 0 Å². The molecule has 6 rings (SSSR count). The zero-order chi connectivity index (χ0) is 25.0. The average molecular weight is 492 g/mol. The van der Waals surface area contributed by atoms with Crippen LogP contribution in [0.25, 0.3) is 23.1 Å². The van der Waals surface area contributed by atoms with Crippen LogP contribution in [0.2, 0.25) is 0 Å². The van der Waals surface area contributed by atoms with E-state index in [0.717, 1.165) is 43.6 Å². The van der Waals surface area contributed by atoms with Crippen molar-refractivity contribution < 1.29 is 9.84 Å². The predicted molar refractivity (Wildman–Crippen MR) is 150 cm³/mol. The first-order valence-electron chi connectivity index (χ1n) is 13.2. The van der Waals surface area contributed by atoms with Crippen molar-refractivity contribution in [1.82, 2.24) is 14.8 Å². The van der Waals surface area contributed by atoms with Crippen molar-refractivity contribution in [3.8, 4) is 5.88 Å². The quantitative estimate of drug-likeness (QED) is 0.398. The van der Waals surface area contributed by atoms with Gasteiger partial charge in [-0.3, -0.25) is 9.80 Å². The Labute approximate surface area is 218 Å². The van der Waals surface area contributed by atoms with Crippen molar-refractivity contribution in [2.45, 2.75) is 12.0 Å². The van der Waals surface area contributed by atoms with E-state index >= 15 is 0 Å². The number of nitrogens with zero attached hydrogens (tertiary/aromatic N) is 3. The lowest BCUT2D eigenvalue weighted by Crippen LogP contribution is -2.50. The Balaban J connectivity index is 1.04. The van der Waals surface area contributed by atoms with Crippen LogP contribution in [-0.4, -0.2) is 71.9 Å². The van der Waals surface area contributed by atoms with Gasteiger partial charge in [-0.1, -0.05) is 78.9 Å². The van der Waals surface area contributed by atoms with Crippen molar-refractivity contribution in [1.29, 1.82) is 0 Å². The molecule has 5 heteroatoms. The van der Waals surface area contributed by atoms with Gasteiger partial charge in [0.05, 0.1) is 5.52 Å². The molecule has 1 fully saturated rings. The fourth-order valence-corrected chi connectivity index (χ4v) is 5.58. The van der Waals surface area contributed by atoms with Gasteiger partial charge in [-0.05, 0) is 34.4 Å². The van der Waals surface area contributed by atoms with Gasteiger partial charge in [0.25, 0.3) is 0 Å². The normalized spacial score (nSPS) is 17.2. The van der Waals surface area contributed by atoms with Crippen molar-refractivity contribution in [2.24, 2.45) is 0 Å². The molecule has 1 saturated heterocycles. The van der Waals surface area contributed by atoms with E-state index < -0.39 is 6.10 Å².